The van der Waals surface area contributed by atoms with Gasteiger partial charge in [-0.2, -0.15) is 0 Å². The predicted octanol–water partition coefficient (Wildman–Crippen LogP) is 6.75. The predicted molar refractivity (Wildman–Crippen MR) is 114 cm³/mol. The van der Waals surface area contributed by atoms with Crippen LogP contribution in [-0.2, 0) is 18.5 Å². The molecule has 0 aliphatic carbocycles. The average Bonchev–Trinajstić information content (AvgIpc) is 2.64. The van der Waals surface area contributed by atoms with Gasteiger partial charge in [0, 0.05) is 0 Å². The van der Waals surface area contributed by atoms with E-state index in [0.717, 1.165) is 0 Å². The van der Waals surface area contributed by atoms with Gasteiger partial charge in [-0.05, 0) is 0 Å². The first-order valence-corrected chi connectivity index (χ1v) is 12.2. The van der Waals surface area contributed by atoms with Crippen LogP contribution >= 0.6 is 7.26 Å². The van der Waals surface area contributed by atoms with E-state index in [0.29, 0.717) is 0 Å². The van der Waals surface area contributed by atoms with E-state index in [1.807, 2.05) is 0 Å². The van der Waals surface area contributed by atoms with Gasteiger partial charge in [0.2, 0.25) is 0 Å². The third-order valence-electron chi connectivity index (χ3n) is 5.05. The van der Waals surface area contributed by atoms with Crippen LogP contribution in [0, 0.1) is 0 Å². The summed E-state index contributed by atoms with van der Waals surface area (Å²) < 4.78 is 0. The van der Waals surface area contributed by atoms with Crippen molar-refractivity contribution in [1.29, 1.82) is 0 Å². The van der Waals surface area contributed by atoms with E-state index in [-0.39, 0.29) is 0 Å². The van der Waals surface area contributed by atoms with Crippen LogP contribution in [0.3, 0.4) is 0 Å². The zero-order valence-corrected chi connectivity index (χ0v) is 16.2. The van der Waals surface area contributed by atoms with Crippen LogP contribution in [0.1, 0.15) is 30.0 Å². The Bertz CT molecular complexity index is 633. The van der Waals surface area contributed by atoms with Gasteiger partial charge in [-0.3, -0.25) is 0 Å². The molecule has 0 aromatic heterocycles. The third kappa shape index (κ3) is 5.28. The van der Waals surface area contributed by atoms with Gasteiger partial charge in [0.1, 0.15) is 0 Å². The fraction of sp³-hybridized carbons (Fsp3) is 0.250. The third-order valence-corrected chi connectivity index (χ3v) is 10.1. The number of rotatable bonds is 8. The summed E-state index contributed by atoms with van der Waals surface area (Å²) >= 11 is 0. The molecule has 3 aromatic rings. The maximum atomic E-state index is 2.35. The van der Waals surface area contributed by atoms with E-state index in [9.17, 15) is 0 Å². The molecule has 0 unspecified atom stereocenters. The van der Waals surface area contributed by atoms with Crippen molar-refractivity contribution in [3.8, 4) is 0 Å². The summed E-state index contributed by atoms with van der Waals surface area (Å²) in [5.74, 6) is 0. The summed E-state index contributed by atoms with van der Waals surface area (Å²) in [6.07, 6.45) is 6.47. The first kappa shape index (κ1) is 17.9. The van der Waals surface area contributed by atoms with Crippen LogP contribution in [-0.4, -0.2) is 6.16 Å². The van der Waals surface area contributed by atoms with Crippen molar-refractivity contribution >= 4 is 7.26 Å². The second kappa shape index (κ2) is 8.97. The van der Waals surface area contributed by atoms with E-state index >= 15 is 0 Å². The number of benzene rings is 3. The van der Waals surface area contributed by atoms with Crippen molar-refractivity contribution in [3.05, 3.63) is 108 Å². The van der Waals surface area contributed by atoms with Crippen molar-refractivity contribution in [1.82, 2.24) is 0 Å². The van der Waals surface area contributed by atoms with Gasteiger partial charge < -0.3 is 0 Å². The van der Waals surface area contributed by atoms with Gasteiger partial charge in [-0.1, -0.05) is 0 Å². The molecule has 25 heavy (non-hydrogen) atoms. The molecule has 0 heterocycles. The minimum atomic E-state index is -1.52. The van der Waals surface area contributed by atoms with Crippen molar-refractivity contribution in [2.24, 2.45) is 0 Å². The molecule has 0 saturated carbocycles. The van der Waals surface area contributed by atoms with Crippen molar-refractivity contribution < 1.29 is 0 Å². The van der Waals surface area contributed by atoms with Crippen molar-refractivity contribution in [2.45, 2.75) is 31.8 Å². The van der Waals surface area contributed by atoms with Crippen molar-refractivity contribution in [2.75, 3.05) is 6.16 Å². The van der Waals surface area contributed by atoms with Gasteiger partial charge in [0.25, 0.3) is 0 Å². The summed E-state index contributed by atoms with van der Waals surface area (Å²) in [5, 5.41) is 0. The molecule has 0 atom stereocenters. The topological polar surface area (TPSA) is 0 Å². The molecule has 0 saturated heterocycles. The second-order valence-corrected chi connectivity index (χ2v) is 11.8. The second-order valence-electron chi connectivity index (χ2n) is 7.24. The van der Waals surface area contributed by atoms with E-state index in [1.165, 1.54) is 47.8 Å². The summed E-state index contributed by atoms with van der Waals surface area (Å²) in [7, 11) is -1.52. The first-order chi connectivity index (χ1) is 12.3. The van der Waals surface area contributed by atoms with Gasteiger partial charge in [-0.15, -0.1) is 0 Å². The fourth-order valence-corrected chi connectivity index (χ4v) is 9.34. The molecule has 0 radical (unpaired) electrons. The summed E-state index contributed by atoms with van der Waals surface area (Å²) in [4.78, 5) is 0. The maximum absolute atomic E-state index is 2.35. The Kier molecular flexibility index (Phi) is 6.42. The Morgan fingerprint density at radius 2 is 0.840 bits per heavy atom. The Morgan fingerprint density at radius 1 is 0.520 bits per heavy atom. The Balaban J connectivity index is 1.94. The standard InChI is InChI=1S/C24H29P/c1-2-18-25(19-22-12-6-3-7-13-22,20-23-14-8-4-9-15-23)21-24-16-10-5-11-17-24/h3-17,25H,2,18-21H2,1H3. The summed E-state index contributed by atoms with van der Waals surface area (Å²) in [6, 6.07) is 33.4. The molecule has 0 aliphatic heterocycles. The Labute approximate surface area is 153 Å². The van der Waals surface area contributed by atoms with Crippen LogP contribution in [0.25, 0.3) is 0 Å². The quantitative estimate of drug-likeness (QED) is 0.395. The molecule has 0 fully saturated rings. The first-order valence-electron chi connectivity index (χ1n) is 9.41. The molecular weight excluding hydrogens is 319 g/mol. The molecule has 1 heteroatoms. The normalized spacial score (nSPS) is 12.0. The fourth-order valence-electron chi connectivity index (χ4n) is 4.07. The molecule has 0 N–H and O–H groups in total. The van der Waals surface area contributed by atoms with Crippen LogP contribution in [0.5, 0.6) is 0 Å². The average molecular weight is 348 g/mol. The van der Waals surface area contributed by atoms with Crippen LogP contribution in [0.4, 0.5) is 0 Å². The molecule has 3 aromatic carbocycles. The van der Waals surface area contributed by atoms with Crippen molar-refractivity contribution in [3.63, 3.8) is 0 Å². The van der Waals surface area contributed by atoms with Crippen LogP contribution < -0.4 is 0 Å². The monoisotopic (exact) mass is 348 g/mol. The van der Waals surface area contributed by atoms with E-state index in [2.05, 4.69) is 97.9 Å². The summed E-state index contributed by atoms with van der Waals surface area (Å²) in [5.41, 5.74) is 4.53. The molecule has 0 bridgehead atoms. The minimum absolute atomic E-state index is 1.27. The van der Waals surface area contributed by atoms with Gasteiger partial charge >= 0.3 is 153 Å². The van der Waals surface area contributed by atoms with Gasteiger partial charge in [0.15, 0.2) is 0 Å². The molecular formula is C24H29P. The number of hydrogen-bond donors (Lipinski definition) is 0. The van der Waals surface area contributed by atoms with E-state index in [4.69, 9.17) is 0 Å². The zero-order valence-electron chi connectivity index (χ0n) is 15.2. The summed E-state index contributed by atoms with van der Waals surface area (Å²) in [6.45, 7) is 2.35. The molecule has 3 rings (SSSR count). The molecule has 0 aliphatic rings. The molecule has 0 amide bonds. The van der Waals surface area contributed by atoms with E-state index in [1.54, 1.807) is 0 Å². The molecule has 130 valence electrons. The zero-order chi connectivity index (χ0) is 17.4. The SMILES string of the molecule is CCC[PH](Cc1ccccc1)(Cc1ccccc1)Cc1ccccc1. The Hall–Kier alpha value is -1.91. The van der Waals surface area contributed by atoms with Crippen LogP contribution in [0.15, 0.2) is 91.0 Å². The van der Waals surface area contributed by atoms with Crippen LogP contribution in [0.2, 0.25) is 0 Å². The molecule has 0 spiro atoms. The van der Waals surface area contributed by atoms with Gasteiger partial charge in [0.05, 0.1) is 0 Å². The number of hydrogen-bond acceptors (Lipinski definition) is 0. The molecule has 0 nitrogen and oxygen atoms in total. The Morgan fingerprint density at radius 3 is 1.12 bits per heavy atom. The van der Waals surface area contributed by atoms with E-state index < -0.39 is 7.26 Å². The van der Waals surface area contributed by atoms with Gasteiger partial charge in [-0.25, -0.2) is 0 Å².